The van der Waals surface area contributed by atoms with E-state index in [4.69, 9.17) is 4.74 Å². The van der Waals surface area contributed by atoms with Gasteiger partial charge < -0.3 is 14.7 Å². The van der Waals surface area contributed by atoms with Crippen molar-refractivity contribution in [3.8, 4) is 0 Å². The second-order valence-corrected chi connectivity index (χ2v) is 7.78. The van der Waals surface area contributed by atoms with Gasteiger partial charge in [-0.1, -0.05) is 37.1 Å². The summed E-state index contributed by atoms with van der Waals surface area (Å²) < 4.78 is 5.51. The largest absolute Gasteiger partial charge is 0.444 e. The highest BCUT2D eigenvalue weighted by Gasteiger charge is 2.37. The van der Waals surface area contributed by atoms with Crippen molar-refractivity contribution in [2.45, 2.75) is 78.0 Å². The Morgan fingerprint density at radius 2 is 2.12 bits per heavy atom. The molecule has 2 rings (SSSR count). The maximum absolute atomic E-state index is 12.5. The van der Waals surface area contributed by atoms with Crippen LogP contribution in [0, 0.1) is 6.92 Å². The molecule has 2 atom stereocenters. The van der Waals surface area contributed by atoms with E-state index in [-0.39, 0.29) is 12.1 Å². The zero-order valence-electron chi connectivity index (χ0n) is 15.6. The highest BCUT2D eigenvalue weighted by atomic mass is 16.6. The first-order valence-corrected chi connectivity index (χ1v) is 9.00. The summed E-state index contributed by atoms with van der Waals surface area (Å²) in [5, 5.41) is 11.0. The Morgan fingerprint density at radius 3 is 2.75 bits per heavy atom. The van der Waals surface area contributed by atoms with Crippen LogP contribution in [0.15, 0.2) is 18.2 Å². The van der Waals surface area contributed by atoms with E-state index in [2.05, 4.69) is 19.9 Å². The quantitative estimate of drug-likeness (QED) is 0.889. The molecule has 24 heavy (non-hydrogen) atoms. The van der Waals surface area contributed by atoms with E-state index in [0.29, 0.717) is 6.54 Å². The van der Waals surface area contributed by atoms with Crippen LogP contribution in [-0.4, -0.2) is 34.3 Å². The number of nitrogens with zero attached hydrogens (tertiary/aromatic N) is 1. The van der Waals surface area contributed by atoms with Crippen LogP contribution in [-0.2, 0) is 11.2 Å². The molecule has 4 heteroatoms. The minimum atomic E-state index is -0.665. The summed E-state index contributed by atoms with van der Waals surface area (Å²) in [5.41, 5.74) is 2.81. The third-order valence-corrected chi connectivity index (χ3v) is 4.43. The molecular weight excluding hydrogens is 302 g/mol. The van der Waals surface area contributed by atoms with Crippen molar-refractivity contribution in [1.29, 1.82) is 0 Å². The number of hydrogen-bond donors (Lipinski definition) is 1. The van der Waals surface area contributed by atoms with Crippen LogP contribution in [0.25, 0.3) is 0 Å². The van der Waals surface area contributed by atoms with Crippen molar-refractivity contribution < 1.29 is 14.6 Å². The van der Waals surface area contributed by atoms with Crippen molar-refractivity contribution in [3.63, 3.8) is 0 Å². The third kappa shape index (κ3) is 4.50. The van der Waals surface area contributed by atoms with Crippen LogP contribution in [0.4, 0.5) is 4.79 Å². The lowest BCUT2D eigenvalue weighted by molar-refractivity contribution is 0.00475. The van der Waals surface area contributed by atoms with E-state index in [1.165, 1.54) is 11.1 Å². The van der Waals surface area contributed by atoms with Gasteiger partial charge in [0.1, 0.15) is 5.60 Å². The SMILES string of the molecule is CCCc1cc(C)ccc1C(O)[C@@H]1CCCN1C(=O)OC(C)(C)C. The number of aliphatic hydroxyl groups excluding tert-OH is 1. The molecule has 134 valence electrons. The monoisotopic (exact) mass is 333 g/mol. The molecule has 0 saturated carbocycles. The van der Waals surface area contributed by atoms with E-state index >= 15 is 0 Å². The van der Waals surface area contributed by atoms with E-state index in [1.807, 2.05) is 32.9 Å². The van der Waals surface area contributed by atoms with Crippen molar-refractivity contribution >= 4 is 6.09 Å². The molecule has 4 nitrogen and oxygen atoms in total. The number of hydrogen-bond acceptors (Lipinski definition) is 3. The molecule has 1 saturated heterocycles. The molecule has 1 aromatic rings. The molecule has 0 spiro atoms. The normalized spacial score (nSPS) is 19.4. The average Bonchev–Trinajstić information content (AvgIpc) is 2.95. The Kier molecular flexibility index (Phi) is 5.92. The number of carbonyl (C=O) groups excluding carboxylic acids is 1. The molecule has 1 heterocycles. The second-order valence-electron chi connectivity index (χ2n) is 7.78. The first-order chi connectivity index (χ1) is 11.2. The molecule has 0 aliphatic carbocycles. The molecule has 1 amide bonds. The Bertz CT molecular complexity index is 577. The summed E-state index contributed by atoms with van der Waals surface area (Å²) in [7, 11) is 0. The van der Waals surface area contributed by atoms with Crippen molar-refractivity contribution in [2.24, 2.45) is 0 Å². The predicted octanol–water partition coefficient (Wildman–Crippen LogP) is 4.38. The lowest BCUT2D eigenvalue weighted by Gasteiger charge is -2.32. The average molecular weight is 333 g/mol. The fourth-order valence-electron chi connectivity index (χ4n) is 3.38. The maximum atomic E-state index is 12.5. The third-order valence-electron chi connectivity index (χ3n) is 4.43. The van der Waals surface area contributed by atoms with E-state index < -0.39 is 11.7 Å². The Hall–Kier alpha value is -1.55. The number of benzene rings is 1. The number of carbonyl (C=O) groups is 1. The van der Waals surface area contributed by atoms with Gasteiger partial charge in [-0.2, -0.15) is 0 Å². The van der Waals surface area contributed by atoms with E-state index in [0.717, 1.165) is 31.2 Å². The topological polar surface area (TPSA) is 49.8 Å². The molecule has 1 aliphatic rings. The van der Waals surface area contributed by atoms with Crippen LogP contribution < -0.4 is 0 Å². The standard InChI is InChI=1S/C20H31NO3/c1-6-8-15-13-14(2)10-11-16(15)18(22)17-9-7-12-21(17)19(23)24-20(3,4)5/h10-11,13,17-18,22H,6-9,12H2,1-5H3/t17-,18?/m0/s1. The summed E-state index contributed by atoms with van der Waals surface area (Å²) in [6, 6.07) is 5.98. The second kappa shape index (κ2) is 7.56. The summed E-state index contributed by atoms with van der Waals surface area (Å²) in [6.45, 7) is 10.5. The van der Waals surface area contributed by atoms with Gasteiger partial charge in [-0.15, -0.1) is 0 Å². The Balaban J connectivity index is 2.22. The first-order valence-electron chi connectivity index (χ1n) is 9.00. The van der Waals surface area contributed by atoms with Gasteiger partial charge in [0.25, 0.3) is 0 Å². The van der Waals surface area contributed by atoms with Gasteiger partial charge in [0.2, 0.25) is 0 Å². The zero-order valence-corrected chi connectivity index (χ0v) is 15.6. The fourth-order valence-corrected chi connectivity index (χ4v) is 3.38. The van der Waals surface area contributed by atoms with Crippen molar-refractivity contribution in [3.05, 3.63) is 34.9 Å². The molecule has 1 aliphatic heterocycles. The molecule has 1 N–H and O–H groups in total. The number of aryl methyl sites for hydroxylation is 2. The van der Waals surface area contributed by atoms with Crippen molar-refractivity contribution in [2.75, 3.05) is 6.54 Å². The summed E-state index contributed by atoms with van der Waals surface area (Å²) in [6.07, 6.45) is 2.68. The smallest absolute Gasteiger partial charge is 0.410 e. The van der Waals surface area contributed by atoms with E-state index in [1.54, 1.807) is 4.90 Å². The summed E-state index contributed by atoms with van der Waals surface area (Å²) in [5.74, 6) is 0. The number of rotatable bonds is 4. The van der Waals surface area contributed by atoms with Crippen LogP contribution >= 0.6 is 0 Å². The van der Waals surface area contributed by atoms with Crippen molar-refractivity contribution in [1.82, 2.24) is 4.90 Å². The highest BCUT2D eigenvalue weighted by molar-refractivity contribution is 5.69. The number of likely N-dealkylation sites (tertiary alicyclic amines) is 1. The summed E-state index contributed by atoms with van der Waals surface area (Å²) >= 11 is 0. The lowest BCUT2D eigenvalue weighted by atomic mass is 9.92. The predicted molar refractivity (Wildman–Crippen MR) is 96.1 cm³/mol. The van der Waals surface area contributed by atoms with Gasteiger partial charge in [-0.25, -0.2) is 4.79 Å². The molecule has 1 unspecified atom stereocenters. The minimum Gasteiger partial charge on any atom is -0.444 e. The van der Waals surface area contributed by atoms with E-state index in [9.17, 15) is 9.90 Å². The molecular formula is C20H31NO3. The van der Waals surface area contributed by atoms with Gasteiger partial charge in [0.05, 0.1) is 12.1 Å². The first kappa shape index (κ1) is 18.8. The zero-order chi connectivity index (χ0) is 17.9. The molecule has 0 radical (unpaired) electrons. The van der Waals surface area contributed by atoms with Gasteiger partial charge >= 0.3 is 6.09 Å². The molecule has 1 fully saturated rings. The number of amides is 1. The van der Waals surface area contributed by atoms with Crippen LogP contribution in [0.5, 0.6) is 0 Å². The van der Waals surface area contributed by atoms with Crippen LogP contribution in [0.2, 0.25) is 0 Å². The fraction of sp³-hybridized carbons (Fsp3) is 0.650. The molecule has 1 aromatic carbocycles. The van der Waals surface area contributed by atoms with Gasteiger partial charge in [-0.05, 0) is 58.1 Å². The van der Waals surface area contributed by atoms with Crippen LogP contribution in [0.1, 0.15) is 69.8 Å². The van der Waals surface area contributed by atoms with Crippen LogP contribution in [0.3, 0.4) is 0 Å². The van der Waals surface area contributed by atoms with Gasteiger partial charge in [-0.3, -0.25) is 0 Å². The molecule has 0 aromatic heterocycles. The highest BCUT2D eigenvalue weighted by Crippen LogP contribution is 2.33. The Morgan fingerprint density at radius 1 is 1.42 bits per heavy atom. The number of aliphatic hydroxyl groups is 1. The van der Waals surface area contributed by atoms with Gasteiger partial charge in [0.15, 0.2) is 0 Å². The lowest BCUT2D eigenvalue weighted by Crippen LogP contribution is -2.42. The maximum Gasteiger partial charge on any atom is 0.410 e. The molecule has 0 bridgehead atoms. The number of ether oxygens (including phenoxy) is 1. The minimum absolute atomic E-state index is 0.210. The summed E-state index contributed by atoms with van der Waals surface area (Å²) in [4.78, 5) is 14.2. The van der Waals surface area contributed by atoms with Gasteiger partial charge in [0, 0.05) is 6.54 Å². The Labute approximate surface area is 145 Å².